The molecule has 6 nitrogen and oxygen atoms in total. The molecule has 2 rings (SSSR count). The number of hydrogen-bond donors (Lipinski definition) is 1. The molecular weight excluding hydrogens is 354 g/mol. The summed E-state index contributed by atoms with van der Waals surface area (Å²) < 4.78 is 5.62. The molecule has 1 heterocycles. The Labute approximate surface area is 162 Å². The maximum atomic E-state index is 12.4. The second-order valence-electron chi connectivity index (χ2n) is 6.98. The number of nitrogens with two attached hydrogens (primary N) is 1. The zero-order valence-electron chi connectivity index (χ0n) is 16.0. The number of halogens is 1. The van der Waals surface area contributed by atoms with Crippen molar-refractivity contribution in [3.63, 3.8) is 0 Å². The zero-order valence-corrected chi connectivity index (χ0v) is 16.8. The molecule has 0 bridgehead atoms. The zero-order chi connectivity index (χ0) is 18.6. The van der Waals surface area contributed by atoms with Crippen molar-refractivity contribution in [3.05, 3.63) is 24.3 Å². The fourth-order valence-corrected chi connectivity index (χ4v) is 2.79. The van der Waals surface area contributed by atoms with Crippen molar-refractivity contribution in [2.45, 2.75) is 45.8 Å². The van der Waals surface area contributed by atoms with Gasteiger partial charge >= 0.3 is 0 Å². The lowest BCUT2D eigenvalue weighted by Gasteiger charge is -2.33. The first-order valence-electron chi connectivity index (χ1n) is 8.88. The molecule has 7 heteroatoms. The van der Waals surface area contributed by atoms with Gasteiger partial charge in [-0.3, -0.25) is 9.59 Å². The molecule has 1 aromatic carbocycles. The van der Waals surface area contributed by atoms with Crippen LogP contribution in [0, 0.1) is 5.92 Å². The van der Waals surface area contributed by atoms with Crippen LogP contribution in [-0.2, 0) is 9.59 Å². The first-order chi connectivity index (χ1) is 11.8. The predicted molar refractivity (Wildman–Crippen MR) is 106 cm³/mol. The first-order valence-corrected chi connectivity index (χ1v) is 8.88. The third kappa shape index (κ3) is 5.35. The minimum atomic E-state index is -0.535. The summed E-state index contributed by atoms with van der Waals surface area (Å²) in [6.07, 6.45) is 0.517. The highest BCUT2D eigenvalue weighted by Crippen LogP contribution is 2.33. The van der Waals surface area contributed by atoms with E-state index in [1.54, 1.807) is 23.8 Å². The lowest BCUT2D eigenvalue weighted by molar-refractivity contribution is -0.130. The summed E-state index contributed by atoms with van der Waals surface area (Å²) in [6.45, 7) is 6.86. The molecule has 2 N–H and O–H groups in total. The Morgan fingerprint density at radius 2 is 2.00 bits per heavy atom. The van der Waals surface area contributed by atoms with Gasteiger partial charge in [-0.05, 0) is 31.4 Å². The smallest absolute Gasteiger partial charge is 0.267 e. The van der Waals surface area contributed by atoms with E-state index in [9.17, 15) is 9.59 Å². The lowest BCUT2D eigenvalue weighted by Crippen LogP contribution is -2.46. The summed E-state index contributed by atoms with van der Waals surface area (Å²) in [5.74, 6) is 0.974. The van der Waals surface area contributed by atoms with Gasteiger partial charge in [0, 0.05) is 32.6 Å². The van der Waals surface area contributed by atoms with E-state index in [1.165, 1.54) is 0 Å². The third-order valence-electron chi connectivity index (χ3n) is 4.70. The SMILES string of the molecule is CC1Oc2ccccc2N(CCC(=O)N(C)CCC(N)C(C)C)C1=O.Cl. The van der Waals surface area contributed by atoms with Gasteiger partial charge in [0.15, 0.2) is 6.10 Å². The predicted octanol–water partition coefficient (Wildman–Crippen LogP) is 2.44. The van der Waals surface area contributed by atoms with Gasteiger partial charge < -0.3 is 20.3 Å². The number of hydrogen-bond acceptors (Lipinski definition) is 4. The summed E-state index contributed by atoms with van der Waals surface area (Å²) in [5.41, 5.74) is 6.76. The maximum Gasteiger partial charge on any atom is 0.267 e. The number of anilines is 1. The van der Waals surface area contributed by atoms with Crippen LogP contribution in [0.2, 0.25) is 0 Å². The Morgan fingerprint density at radius 1 is 1.35 bits per heavy atom. The van der Waals surface area contributed by atoms with Crippen LogP contribution < -0.4 is 15.4 Å². The van der Waals surface area contributed by atoms with Gasteiger partial charge in [0.1, 0.15) is 5.75 Å². The molecule has 1 aromatic rings. The van der Waals surface area contributed by atoms with Crippen LogP contribution in [0.15, 0.2) is 24.3 Å². The molecule has 1 aliphatic rings. The molecule has 2 amide bonds. The summed E-state index contributed by atoms with van der Waals surface area (Å²) in [6, 6.07) is 7.50. The van der Waals surface area contributed by atoms with Crippen molar-refractivity contribution in [2.75, 3.05) is 25.0 Å². The number of carbonyl (C=O) groups excluding carboxylic acids is 2. The number of ether oxygens (including phenoxy) is 1. The molecule has 0 radical (unpaired) electrons. The number of para-hydroxylation sites is 2. The number of amides is 2. The average molecular weight is 384 g/mol. The Balaban J connectivity index is 0.00000338. The van der Waals surface area contributed by atoms with Gasteiger partial charge in [0.05, 0.1) is 5.69 Å². The first kappa shape index (κ1) is 22.3. The van der Waals surface area contributed by atoms with E-state index in [0.717, 1.165) is 12.1 Å². The van der Waals surface area contributed by atoms with Crippen molar-refractivity contribution < 1.29 is 14.3 Å². The summed E-state index contributed by atoms with van der Waals surface area (Å²) >= 11 is 0. The fourth-order valence-electron chi connectivity index (χ4n) is 2.79. The van der Waals surface area contributed by atoms with Crippen molar-refractivity contribution in [1.82, 2.24) is 4.90 Å². The molecule has 0 saturated heterocycles. The van der Waals surface area contributed by atoms with E-state index in [2.05, 4.69) is 13.8 Å². The molecule has 2 unspecified atom stereocenters. The van der Waals surface area contributed by atoms with Gasteiger partial charge in [-0.15, -0.1) is 12.4 Å². The van der Waals surface area contributed by atoms with Crippen LogP contribution in [0.25, 0.3) is 0 Å². The van der Waals surface area contributed by atoms with Gasteiger partial charge in [0.2, 0.25) is 5.91 Å². The Bertz CT molecular complexity index is 624. The van der Waals surface area contributed by atoms with Crippen LogP contribution in [0.1, 0.15) is 33.6 Å². The molecule has 0 spiro atoms. The highest BCUT2D eigenvalue weighted by Gasteiger charge is 2.31. The van der Waals surface area contributed by atoms with E-state index in [-0.39, 0.29) is 36.7 Å². The number of rotatable bonds is 7. The largest absolute Gasteiger partial charge is 0.479 e. The average Bonchev–Trinajstić information content (AvgIpc) is 2.59. The van der Waals surface area contributed by atoms with E-state index >= 15 is 0 Å². The van der Waals surface area contributed by atoms with E-state index in [1.807, 2.05) is 24.3 Å². The van der Waals surface area contributed by atoms with Gasteiger partial charge in [-0.2, -0.15) is 0 Å². The van der Waals surface area contributed by atoms with Crippen molar-refractivity contribution in [1.29, 1.82) is 0 Å². The second-order valence-corrected chi connectivity index (χ2v) is 6.98. The van der Waals surface area contributed by atoms with Crippen molar-refractivity contribution >= 4 is 29.9 Å². The second kappa shape index (κ2) is 9.78. The van der Waals surface area contributed by atoms with E-state index < -0.39 is 6.10 Å². The van der Waals surface area contributed by atoms with Crippen LogP contribution in [0.3, 0.4) is 0 Å². The molecule has 146 valence electrons. The molecule has 0 aromatic heterocycles. The maximum absolute atomic E-state index is 12.4. The Hall–Kier alpha value is -1.79. The van der Waals surface area contributed by atoms with Crippen LogP contribution in [0.4, 0.5) is 5.69 Å². The fraction of sp³-hybridized carbons (Fsp3) is 0.579. The Kier molecular flexibility index (Phi) is 8.37. The standard InChI is InChI=1S/C19H29N3O3.ClH/c1-13(2)15(20)9-11-21(4)18(23)10-12-22-16-7-5-6-8-17(16)25-14(3)19(22)24;/h5-8,13-15H,9-12,20H2,1-4H3;1H. The number of fused-ring (bicyclic) bond motifs is 1. The molecule has 0 fully saturated rings. The van der Waals surface area contributed by atoms with Gasteiger partial charge in [-0.25, -0.2) is 0 Å². The van der Waals surface area contributed by atoms with Crippen molar-refractivity contribution in [3.8, 4) is 5.75 Å². The monoisotopic (exact) mass is 383 g/mol. The summed E-state index contributed by atoms with van der Waals surface area (Å²) in [4.78, 5) is 28.1. The van der Waals surface area contributed by atoms with Crippen molar-refractivity contribution in [2.24, 2.45) is 11.7 Å². The normalized spacial score (nSPS) is 17.2. The van der Waals surface area contributed by atoms with Crippen LogP contribution in [0.5, 0.6) is 5.75 Å². The summed E-state index contributed by atoms with van der Waals surface area (Å²) in [7, 11) is 1.78. The lowest BCUT2D eigenvalue weighted by atomic mass is 10.0. The topological polar surface area (TPSA) is 75.9 Å². The number of carbonyl (C=O) groups is 2. The van der Waals surface area contributed by atoms with E-state index in [4.69, 9.17) is 10.5 Å². The molecule has 0 saturated carbocycles. The molecule has 26 heavy (non-hydrogen) atoms. The minimum Gasteiger partial charge on any atom is -0.479 e. The van der Waals surface area contributed by atoms with Crippen LogP contribution in [-0.4, -0.2) is 49.0 Å². The van der Waals surface area contributed by atoms with Gasteiger partial charge in [-0.1, -0.05) is 26.0 Å². The van der Waals surface area contributed by atoms with E-state index in [0.29, 0.717) is 24.8 Å². The highest BCUT2D eigenvalue weighted by atomic mass is 35.5. The number of nitrogens with zero attached hydrogens (tertiary/aromatic N) is 2. The molecule has 0 aliphatic carbocycles. The molecule has 1 aliphatic heterocycles. The summed E-state index contributed by atoms with van der Waals surface area (Å²) in [5, 5.41) is 0. The highest BCUT2D eigenvalue weighted by molar-refractivity contribution is 6.00. The molecule has 2 atom stereocenters. The third-order valence-corrected chi connectivity index (χ3v) is 4.70. The number of benzene rings is 1. The molecular formula is C19H30ClN3O3. The minimum absolute atomic E-state index is 0. The quantitative estimate of drug-likeness (QED) is 0.784. The van der Waals surface area contributed by atoms with Gasteiger partial charge in [0.25, 0.3) is 5.91 Å². The Morgan fingerprint density at radius 3 is 2.65 bits per heavy atom. The van der Waals surface area contributed by atoms with Crippen LogP contribution >= 0.6 is 12.4 Å².